The first-order valence-corrected chi connectivity index (χ1v) is 5.71. The molecule has 0 saturated carbocycles. The van der Waals surface area contributed by atoms with E-state index in [1.807, 2.05) is 19.1 Å². The van der Waals surface area contributed by atoms with Gasteiger partial charge in [0.25, 0.3) is 0 Å². The summed E-state index contributed by atoms with van der Waals surface area (Å²) in [6.07, 6.45) is 1.02. The van der Waals surface area contributed by atoms with Crippen LogP contribution in [-0.2, 0) is 17.6 Å². The van der Waals surface area contributed by atoms with Crippen molar-refractivity contribution in [2.45, 2.75) is 25.8 Å². The number of aliphatic carboxylic acids is 1. The Morgan fingerprint density at radius 3 is 2.71 bits per heavy atom. The first-order chi connectivity index (χ1) is 7.99. The predicted octanol–water partition coefficient (Wildman–Crippen LogP) is 1.87. The van der Waals surface area contributed by atoms with E-state index in [1.54, 1.807) is 0 Å². The zero-order valence-electron chi connectivity index (χ0n) is 9.87. The van der Waals surface area contributed by atoms with Crippen LogP contribution in [-0.4, -0.2) is 24.2 Å². The zero-order valence-corrected chi connectivity index (χ0v) is 10.6. The minimum atomic E-state index is -1.04. The van der Waals surface area contributed by atoms with Crippen LogP contribution in [0.3, 0.4) is 0 Å². The van der Waals surface area contributed by atoms with Crippen molar-refractivity contribution in [1.82, 2.24) is 0 Å². The summed E-state index contributed by atoms with van der Waals surface area (Å²) in [4.78, 5) is 10.7. The Balaban J connectivity index is 3.11. The third-order valence-corrected chi connectivity index (χ3v) is 2.83. The second-order valence-corrected chi connectivity index (χ2v) is 4.18. The molecule has 0 aliphatic carbocycles. The molecule has 3 N–H and O–H groups in total. The molecule has 17 heavy (non-hydrogen) atoms. The fourth-order valence-electron chi connectivity index (χ4n) is 1.62. The smallest absolute Gasteiger partial charge is 0.320 e. The molecule has 0 aliphatic rings. The molecule has 94 valence electrons. The molecular formula is C12H16ClNO3. The lowest BCUT2D eigenvalue weighted by molar-refractivity contribution is -0.138. The van der Waals surface area contributed by atoms with Gasteiger partial charge in [-0.3, -0.25) is 4.79 Å². The van der Waals surface area contributed by atoms with Crippen LogP contribution in [0.5, 0.6) is 5.75 Å². The SMILES string of the molecule is CCc1cc(Cl)c(OC)c(CC(N)C(=O)O)c1. The van der Waals surface area contributed by atoms with Crippen molar-refractivity contribution < 1.29 is 14.6 Å². The van der Waals surface area contributed by atoms with Gasteiger partial charge in [-0.25, -0.2) is 0 Å². The van der Waals surface area contributed by atoms with Crippen LogP contribution in [0.15, 0.2) is 12.1 Å². The second kappa shape index (κ2) is 5.89. The summed E-state index contributed by atoms with van der Waals surface area (Å²) >= 11 is 6.06. The number of aryl methyl sites for hydroxylation is 1. The van der Waals surface area contributed by atoms with Gasteiger partial charge in [0.1, 0.15) is 11.8 Å². The molecule has 0 heterocycles. The maximum atomic E-state index is 10.7. The highest BCUT2D eigenvalue weighted by atomic mass is 35.5. The van der Waals surface area contributed by atoms with Crippen molar-refractivity contribution in [3.05, 3.63) is 28.3 Å². The average molecular weight is 258 g/mol. The highest BCUT2D eigenvalue weighted by molar-refractivity contribution is 6.32. The van der Waals surface area contributed by atoms with Crippen LogP contribution in [0.4, 0.5) is 0 Å². The van der Waals surface area contributed by atoms with E-state index in [-0.39, 0.29) is 6.42 Å². The molecule has 0 spiro atoms. The number of hydrogen-bond acceptors (Lipinski definition) is 3. The van der Waals surface area contributed by atoms with Gasteiger partial charge in [0, 0.05) is 6.42 Å². The van der Waals surface area contributed by atoms with Gasteiger partial charge < -0.3 is 15.6 Å². The molecule has 1 atom stereocenters. The highest BCUT2D eigenvalue weighted by Crippen LogP contribution is 2.31. The maximum Gasteiger partial charge on any atom is 0.320 e. The van der Waals surface area contributed by atoms with Crippen LogP contribution in [0.25, 0.3) is 0 Å². The number of ether oxygens (including phenoxy) is 1. The quantitative estimate of drug-likeness (QED) is 0.845. The second-order valence-electron chi connectivity index (χ2n) is 3.77. The van der Waals surface area contributed by atoms with Crippen LogP contribution in [0.1, 0.15) is 18.1 Å². The first-order valence-electron chi connectivity index (χ1n) is 5.33. The van der Waals surface area contributed by atoms with Crippen LogP contribution < -0.4 is 10.5 Å². The van der Waals surface area contributed by atoms with E-state index in [1.165, 1.54) is 7.11 Å². The van der Waals surface area contributed by atoms with Gasteiger partial charge in [0.15, 0.2) is 0 Å². The molecule has 1 aromatic carbocycles. The minimum absolute atomic E-state index is 0.200. The summed E-state index contributed by atoms with van der Waals surface area (Å²) in [5, 5.41) is 9.29. The Hall–Kier alpha value is -1.26. The lowest BCUT2D eigenvalue weighted by Crippen LogP contribution is -2.32. The summed E-state index contributed by atoms with van der Waals surface area (Å²) in [7, 11) is 1.50. The van der Waals surface area contributed by atoms with Crippen molar-refractivity contribution >= 4 is 17.6 Å². The first kappa shape index (κ1) is 13.8. The molecular weight excluding hydrogens is 242 g/mol. The molecule has 0 fully saturated rings. The molecule has 0 bridgehead atoms. The number of carboxylic acid groups (broad SMARTS) is 1. The van der Waals surface area contributed by atoms with Gasteiger partial charge in [0.2, 0.25) is 0 Å². The molecule has 0 aromatic heterocycles. The summed E-state index contributed by atoms with van der Waals surface area (Å²) in [5.41, 5.74) is 7.27. The number of benzene rings is 1. The number of hydrogen-bond donors (Lipinski definition) is 2. The Kier molecular flexibility index (Phi) is 4.78. The molecule has 1 aromatic rings. The number of nitrogens with two attached hydrogens (primary N) is 1. The van der Waals surface area contributed by atoms with Gasteiger partial charge in [-0.05, 0) is 23.6 Å². The van der Waals surface area contributed by atoms with Gasteiger partial charge in [-0.1, -0.05) is 24.6 Å². The minimum Gasteiger partial charge on any atom is -0.495 e. The summed E-state index contributed by atoms with van der Waals surface area (Å²) in [5.74, 6) is -0.536. The fourth-order valence-corrected chi connectivity index (χ4v) is 1.96. The van der Waals surface area contributed by atoms with E-state index in [9.17, 15) is 4.79 Å². The monoisotopic (exact) mass is 257 g/mol. The Bertz CT molecular complexity index is 420. The van der Waals surface area contributed by atoms with Crippen molar-refractivity contribution in [2.75, 3.05) is 7.11 Å². The van der Waals surface area contributed by atoms with Gasteiger partial charge in [-0.2, -0.15) is 0 Å². The van der Waals surface area contributed by atoms with E-state index in [2.05, 4.69) is 0 Å². The average Bonchev–Trinajstić information content (AvgIpc) is 2.28. The lowest BCUT2D eigenvalue weighted by atomic mass is 10.0. The molecule has 0 saturated heterocycles. The van der Waals surface area contributed by atoms with E-state index >= 15 is 0 Å². The number of carboxylic acids is 1. The number of carbonyl (C=O) groups is 1. The lowest BCUT2D eigenvalue weighted by Gasteiger charge is -2.14. The molecule has 1 rings (SSSR count). The van der Waals surface area contributed by atoms with Crippen molar-refractivity contribution in [3.63, 3.8) is 0 Å². The summed E-state index contributed by atoms with van der Waals surface area (Å²) < 4.78 is 5.18. The summed E-state index contributed by atoms with van der Waals surface area (Å²) in [6, 6.07) is 2.75. The third kappa shape index (κ3) is 3.35. The number of halogens is 1. The van der Waals surface area contributed by atoms with E-state index in [0.717, 1.165) is 17.5 Å². The Labute approximate surface area is 105 Å². The van der Waals surface area contributed by atoms with Gasteiger partial charge >= 0.3 is 5.97 Å². The number of rotatable bonds is 5. The van der Waals surface area contributed by atoms with Crippen LogP contribution >= 0.6 is 11.6 Å². The van der Waals surface area contributed by atoms with Gasteiger partial charge in [-0.15, -0.1) is 0 Å². The zero-order chi connectivity index (χ0) is 13.0. The van der Waals surface area contributed by atoms with Crippen molar-refractivity contribution in [2.24, 2.45) is 5.73 Å². The Morgan fingerprint density at radius 2 is 2.24 bits per heavy atom. The topological polar surface area (TPSA) is 72.5 Å². The molecule has 4 nitrogen and oxygen atoms in total. The van der Waals surface area contributed by atoms with E-state index < -0.39 is 12.0 Å². The molecule has 0 amide bonds. The standard InChI is InChI=1S/C12H16ClNO3/c1-3-7-4-8(6-10(14)12(15)16)11(17-2)9(13)5-7/h4-5,10H,3,6,14H2,1-2H3,(H,15,16). The third-order valence-electron chi connectivity index (χ3n) is 2.55. The maximum absolute atomic E-state index is 10.7. The van der Waals surface area contributed by atoms with Gasteiger partial charge in [0.05, 0.1) is 12.1 Å². The Morgan fingerprint density at radius 1 is 1.59 bits per heavy atom. The van der Waals surface area contributed by atoms with E-state index in [4.69, 9.17) is 27.2 Å². The normalized spacial score (nSPS) is 12.2. The van der Waals surface area contributed by atoms with Crippen molar-refractivity contribution in [1.29, 1.82) is 0 Å². The van der Waals surface area contributed by atoms with Crippen molar-refractivity contribution in [3.8, 4) is 5.75 Å². The fraction of sp³-hybridized carbons (Fsp3) is 0.417. The largest absolute Gasteiger partial charge is 0.495 e. The molecule has 1 unspecified atom stereocenters. The van der Waals surface area contributed by atoms with E-state index in [0.29, 0.717) is 10.8 Å². The summed E-state index contributed by atoms with van der Waals surface area (Å²) in [6.45, 7) is 2.00. The molecule has 0 aliphatic heterocycles. The molecule has 5 heteroatoms. The van der Waals surface area contributed by atoms with Crippen LogP contribution in [0, 0.1) is 0 Å². The highest BCUT2D eigenvalue weighted by Gasteiger charge is 2.17. The predicted molar refractivity (Wildman–Crippen MR) is 66.7 cm³/mol. The van der Waals surface area contributed by atoms with Crippen LogP contribution in [0.2, 0.25) is 5.02 Å². The molecule has 0 radical (unpaired) electrons. The number of methoxy groups -OCH3 is 1.